The zero-order valence-corrected chi connectivity index (χ0v) is 14.3. The Balaban J connectivity index is 1.65. The molecule has 2 aliphatic heterocycles. The first-order chi connectivity index (χ1) is 9.81. The predicted molar refractivity (Wildman–Crippen MR) is 95.2 cm³/mol. The summed E-state index contributed by atoms with van der Waals surface area (Å²) in [5, 5.41) is 2.74. The van der Waals surface area contributed by atoms with E-state index in [1.165, 1.54) is 54.4 Å². The van der Waals surface area contributed by atoms with Gasteiger partial charge in [-0.05, 0) is 26.2 Å². The average Bonchev–Trinajstić information content (AvgIpc) is 3.14. The molecule has 2 atom stereocenters. The number of nitrogens with zero attached hydrogens (tertiary/aromatic N) is 2. The first-order valence-electron chi connectivity index (χ1n) is 7.98. The van der Waals surface area contributed by atoms with E-state index in [0.717, 1.165) is 24.8 Å². The number of unbranched alkanes of at least 4 members (excludes halogenated alkanes) is 1. The third kappa shape index (κ3) is 5.10. The summed E-state index contributed by atoms with van der Waals surface area (Å²) in [7, 11) is 0. The summed E-state index contributed by atoms with van der Waals surface area (Å²) in [4.78, 5) is 9.21. The second kappa shape index (κ2) is 9.14. The summed E-state index contributed by atoms with van der Waals surface area (Å²) >= 11 is 3.90. The highest BCUT2D eigenvalue weighted by molar-refractivity contribution is 8.14. The van der Waals surface area contributed by atoms with Gasteiger partial charge in [0.25, 0.3) is 0 Å². The molecule has 4 heteroatoms. The first kappa shape index (κ1) is 16.4. The Morgan fingerprint density at radius 2 is 1.65 bits per heavy atom. The van der Waals surface area contributed by atoms with Crippen LogP contribution in [-0.4, -0.2) is 34.7 Å². The van der Waals surface area contributed by atoms with Crippen LogP contribution in [0.25, 0.3) is 0 Å². The summed E-state index contributed by atoms with van der Waals surface area (Å²) in [6.07, 6.45) is 7.69. The van der Waals surface area contributed by atoms with Crippen LogP contribution in [0.5, 0.6) is 0 Å². The molecule has 20 heavy (non-hydrogen) atoms. The molecule has 0 amide bonds. The molecule has 2 aliphatic rings. The normalized spacial score (nSPS) is 21.7. The van der Waals surface area contributed by atoms with Crippen molar-refractivity contribution in [1.29, 1.82) is 0 Å². The lowest BCUT2D eigenvalue weighted by molar-refractivity contribution is 0.517. The van der Waals surface area contributed by atoms with E-state index in [1.807, 2.05) is 23.5 Å². The molecule has 0 spiro atoms. The number of hydrogen-bond donors (Lipinski definition) is 0. The van der Waals surface area contributed by atoms with Crippen LogP contribution in [0.3, 0.4) is 0 Å². The molecule has 2 unspecified atom stereocenters. The van der Waals surface area contributed by atoms with Gasteiger partial charge in [-0.25, -0.2) is 0 Å². The smallest absolute Gasteiger partial charge is 0.0707 e. The SMILES string of the molecule is [CH2]C(CCCCC(CCC)C1=NCCS1)C1=NCCS1. The Morgan fingerprint density at radius 1 is 1.00 bits per heavy atom. The fourth-order valence-corrected chi connectivity index (χ4v) is 4.82. The Bertz CT molecular complexity index is 352. The van der Waals surface area contributed by atoms with Crippen LogP contribution in [0.15, 0.2) is 9.98 Å². The van der Waals surface area contributed by atoms with E-state index in [9.17, 15) is 0 Å². The van der Waals surface area contributed by atoms with Crippen LogP contribution in [0.1, 0.15) is 45.4 Å². The van der Waals surface area contributed by atoms with Crippen molar-refractivity contribution >= 4 is 33.6 Å². The maximum absolute atomic E-state index is 4.68. The van der Waals surface area contributed by atoms with E-state index in [4.69, 9.17) is 0 Å². The van der Waals surface area contributed by atoms with Crippen molar-refractivity contribution in [2.45, 2.75) is 45.4 Å². The average molecular weight is 312 g/mol. The Morgan fingerprint density at radius 3 is 2.25 bits per heavy atom. The highest BCUT2D eigenvalue weighted by Gasteiger charge is 2.19. The third-order valence-electron chi connectivity index (χ3n) is 3.91. The molecule has 113 valence electrons. The molecule has 0 aliphatic carbocycles. The Kier molecular flexibility index (Phi) is 7.50. The lowest BCUT2D eigenvalue weighted by Gasteiger charge is -2.16. The molecule has 0 aromatic heterocycles. The minimum Gasteiger partial charge on any atom is -0.282 e. The molecule has 0 aromatic rings. The van der Waals surface area contributed by atoms with E-state index >= 15 is 0 Å². The van der Waals surface area contributed by atoms with Gasteiger partial charge in [-0.2, -0.15) is 0 Å². The highest BCUT2D eigenvalue weighted by Crippen LogP contribution is 2.28. The van der Waals surface area contributed by atoms with Gasteiger partial charge in [-0.15, -0.1) is 23.5 Å². The van der Waals surface area contributed by atoms with Crippen molar-refractivity contribution in [3.63, 3.8) is 0 Å². The van der Waals surface area contributed by atoms with Gasteiger partial charge in [0, 0.05) is 36.4 Å². The van der Waals surface area contributed by atoms with Gasteiger partial charge in [-0.3, -0.25) is 9.98 Å². The maximum Gasteiger partial charge on any atom is 0.0707 e. The van der Waals surface area contributed by atoms with Crippen molar-refractivity contribution in [3.05, 3.63) is 6.92 Å². The molecule has 0 saturated carbocycles. The third-order valence-corrected chi connectivity index (χ3v) is 6.20. The van der Waals surface area contributed by atoms with Gasteiger partial charge in [0.05, 0.1) is 10.1 Å². The van der Waals surface area contributed by atoms with Gasteiger partial charge in [0.15, 0.2) is 0 Å². The molecule has 0 bridgehead atoms. The summed E-state index contributed by atoms with van der Waals surface area (Å²) in [5.41, 5.74) is 0. The van der Waals surface area contributed by atoms with Crippen molar-refractivity contribution in [2.75, 3.05) is 24.6 Å². The van der Waals surface area contributed by atoms with E-state index < -0.39 is 0 Å². The lowest BCUT2D eigenvalue weighted by Crippen LogP contribution is -2.10. The highest BCUT2D eigenvalue weighted by atomic mass is 32.2. The van der Waals surface area contributed by atoms with Crippen LogP contribution in [-0.2, 0) is 0 Å². The molecular formula is C16H27N2S2. The standard InChI is InChI=1S/C16H27N2S2/c1-3-6-14(16-18-10-12-20-16)8-5-4-7-13(2)15-17-9-11-19-15/h13-14H,2-12H2,1H3. The number of hydrogen-bond acceptors (Lipinski definition) is 4. The quantitative estimate of drug-likeness (QED) is 0.576. The van der Waals surface area contributed by atoms with E-state index in [0.29, 0.717) is 5.92 Å². The van der Waals surface area contributed by atoms with Crippen molar-refractivity contribution in [1.82, 2.24) is 0 Å². The fourth-order valence-electron chi connectivity index (χ4n) is 2.84. The van der Waals surface area contributed by atoms with Gasteiger partial charge in [-0.1, -0.05) is 26.2 Å². The number of thioether (sulfide) groups is 2. The minimum absolute atomic E-state index is 0.435. The molecular weight excluding hydrogens is 284 g/mol. The van der Waals surface area contributed by atoms with Gasteiger partial charge in [0.2, 0.25) is 0 Å². The van der Waals surface area contributed by atoms with Gasteiger partial charge >= 0.3 is 0 Å². The summed E-state index contributed by atoms with van der Waals surface area (Å²) in [5.74, 6) is 3.53. The fraction of sp³-hybridized carbons (Fsp3) is 0.812. The summed E-state index contributed by atoms with van der Waals surface area (Å²) in [6, 6.07) is 0. The van der Waals surface area contributed by atoms with Crippen molar-refractivity contribution < 1.29 is 0 Å². The molecule has 2 rings (SSSR count). The van der Waals surface area contributed by atoms with E-state index in [-0.39, 0.29) is 0 Å². The van der Waals surface area contributed by atoms with Gasteiger partial charge < -0.3 is 0 Å². The van der Waals surface area contributed by atoms with Gasteiger partial charge in [0.1, 0.15) is 0 Å². The zero-order chi connectivity index (χ0) is 14.2. The van der Waals surface area contributed by atoms with Crippen LogP contribution in [0.4, 0.5) is 0 Å². The van der Waals surface area contributed by atoms with Crippen LogP contribution in [0.2, 0.25) is 0 Å². The molecule has 0 saturated heterocycles. The lowest BCUT2D eigenvalue weighted by atomic mass is 9.95. The molecule has 0 N–H and O–H groups in total. The van der Waals surface area contributed by atoms with Crippen LogP contribution < -0.4 is 0 Å². The summed E-state index contributed by atoms with van der Waals surface area (Å²) in [6.45, 7) is 8.60. The topological polar surface area (TPSA) is 24.7 Å². The number of aliphatic imine (C=N–C) groups is 2. The largest absolute Gasteiger partial charge is 0.282 e. The minimum atomic E-state index is 0.435. The second-order valence-corrected chi connectivity index (χ2v) is 7.83. The zero-order valence-electron chi connectivity index (χ0n) is 12.6. The Labute approximate surface area is 132 Å². The van der Waals surface area contributed by atoms with Crippen molar-refractivity contribution in [3.8, 4) is 0 Å². The molecule has 0 aromatic carbocycles. The van der Waals surface area contributed by atoms with Crippen LogP contribution >= 0.6 is 23.5 Å². The Hall–Kier alpha value is 0.0400. The molecule has 2 heterocycles. The number of rotatable bonds is 9. The van der Waals surface area contributed by atoms with Crippen LogP contribution in [0, 0.1) is 18.8 Å². The summed E-state index contributed by atoms with van der Waals surface area (Å²) < 4.78 is 0. The second-order valence-electron chi connectivity index (χ2n) is 5.60. The maximum atomic E-state index is 4.68. The molecule has 1 radical (unpaired) electrons. The molecule has 2 nitrogen and oxygen atoms in total. The van der Waals surface area contributed by atoms with E-state index in [2.05, 4.69) is 23.8 Å². The van der Waals surface area contributed by atoms with E-state index in [1.54, 1.807) is 0 Å². The van der Waals surface area contributed by atoms with Crippen molar-refractivity contribution in [2.24, 2.45) is 21.8 Å². The first-order valence-corrected chi connectivity index (χ1v) is 9.95. The monoisotopic (exact) mass is 311 g/mol. The molecule has 0 fully saturated rings. The predicted octanol–water partition coefficient (Wildman–Crippen LogP) is 4.70.